The van der Waals surface area contributed by atoms with Gasteiger partial charge >= 0.3 is 0 Å². The zero-order valence-electron chi connectivity index (χ0n) is 15.9. The van der Waals surface area contributed by atoms with E-state index in [0.717, 1.165) is 0 Å². The molecule has 0 saturated heterocycles. The summed E-state index contributed by atoms with van der Waals surface area (Å²) >= 11 is 0. The van der Waals surface area contributed by atoms with Gasteiger partial charge in [-0.3, -0.25) is 0 Å². The van der Waals surface area contributed by atoms with Crippen molar-refractivity contribution in [2.75, 3.05) is 0 Å². The average molecular weight is 319 g/mol. The molecule has 1 aromatic heterocycles. The lowest BCUT2D eigenvalue weighted by molar-refractivity contribution is -0.697. The SMILES string of the molecule is CCCCCCCCCC[n+]1cccc(CCCCCCC)c1. The first-order valence-corrected chi connectivity index (χ1v) is 10.3. The van der Waals surface area contributed by atoms with Gasteiger partial charge in [-0.25, -0.2) is 4.57 Å². The first-order chi connectivity index (χ1) is 11.4. The molecule has 1 nitrogen and oxygen atoms in total. The van der Waals surface area contributed by atoms with Crippen molar-refractivity contribution >= 4 is 0 Å². The van der Waals surface area contributed by atoms with E-state index in [1.807, 2.05) is 0 Å². The van der Waals surface area contributed by atoms with Crippen LogP contribution in [-0.4, -0.2) is 0 Å². The van der Waals surface area contributed by atoms with Crippen LogP contribution in [0.1, 0.15) is 103 Å². The van der Waals surface area contributed by atoms with Crippen molar-refractivity contribution in [1.29, 1.82) is 0 Å². The Morgan fingerprint density at radius 3 is 1.91 bits per heavy atom. The first-order valence-electron chi connectivity index (χ1n) is 10.3. The van der Waals surface area contributed by atoms with Crippen molar-refractivity contribution in [2.45, 2.75) is 110 Å². The zero-order valence-corrected chi connectivity index (χ0v) is 15.9. The fourth-order valence-corrected chi connectivity index (χ4v) is 3.22. The molecule has 0 saturated carbocycles. The molecule has 0 radical (unpaired) electrons. The molecular weight excluding hydrogens is 278 g/mol. The first kappa shape index (κ1) is 20.2. The fourth-order valence-electron chi connectivity index (χ4n) is 3.22. The minimum atomic E-state index is 1.19. The molecule has 1 heteroatoms. The molecule has 1 rings (SSSR count). The molecule has 1 heterocycles. The smallest absolute Gasteiger partial charge is 0.171 e. The van der Waals surface area contributed by atoms with Crippen molar-refractivity contribution in [3.63, 3.8) is 0 Å². The second-order valence-electron chi connectivity index (χ2n) is 7.09. The van der Waals surface area contributed by atoms with Crippen LogP contribution in [0.3, 0.4) is 0 Å². The summed E-state index contributed by atoms with van der Waals surface area (Å²) in [4.78, 5) is 0. The van der Waals surface area contributed by atoms with Crippen LogP contribution in [0.5, 0.6) is 0 Å². The Bertz CT molecular complexity index is 372. The van der Waals surface area contributed by atoms with Crippen molar-refractivity contribution < 1.29 is 4.57 Å². The van der Waals surface area contributed by atoms with E-state index >= 15 is 0 Å². The Morgan fingerprint density at radius 1 is 0.696 bits per heavy atom. The second kappa shape index (κ2) is 14.7. The molecule has 0 aromatic carbocycles. The third-order valence-corrected chi connectivity index (χ3v) is 4.76. The lowest BCUT2D eigenvalue weighted by atomic mass is 10.1. The molecule has 0 N–H and O–H groups in total. The van der Waals surface area contributed by atoms with Gasteiger partial charge in [-0.15, -0.1) is 0 Å². The van der Waals surface area contributed by atoms with Crippen LogP contribution in [-0.2, 0) is 13.0 Å². The summed E-state index contributed by atoms with van der Waals surface area (Å²) in [6, 6.07) is 4.52. The van der Waals surface area contributed by atoms with E-state index in [0.29, 0.717) is 0 Å². The van der Waals surface area contributed by atoms with Gasteiger partial charge in [0.1, 0.15) is 6.54 Å². The Balaban J connectivity index is 2.09. The molecule has 23 heavy (non-hydrogen) atoms. The highest BCUT2D eigenvalue weighted by molar-refractivity contribution is 5.05. The minimum Gasteiger partial charge on any atom is -0.205 e. The molecule has 0 aliphatic rings. The quantitative estimate of drug-likeness (QED) is 0.252. The number of nitrogens with zero attached hydrogens (tertiary/aromatic N) is 1. The van der Waals surface area contributed by atoms with Gasteiger partial charge in [0.25, 0.3) is 0 Å². The second-order valence-corrected chi connectivity index (χ2v) is 7.09. The fraction of sp³-hybridized carbons (Fsp3) is 0.773. The zero-order chi connectivity index (χ0) is 16.6. The third kappa shape index (κ3) is 11.3. The summed E-state index contributed by atoms with van der Waals surface area (Å²) in [7, 11) is 0. The summed E-state index contributed by atoms with van der Waals surface area (Å²) in [6.07, 6.45) is 24.0. The standard InChI is InChI=1S/C22H40N/c1-3-5-7-9-10-11-13-15-19-23-20-16-18-22(21-23)17-14-12-8-6-4-2/h16,18,20-21H,3-15,17,19H2,1-2H3/q+1. The highest BCUT2D eigenvalue weighted by Crippen LogP contribution is 2.09. The molecule has 0 aliphatic carbocycles. The van der Waals surface area contributed by atoms with Gasteiger partial charge in [0.05, 0.1) is 0 Å². The number of aryl methyl sites for hydroxylation is 2. The van der Waals surface area contributed by atoms with E-state index in [4.69, 9.17) is 0 Å². The van der Waals surface area contributed by atoms with E-state index in [1.165, 1.54) is 102 Å². The number of hydrogen-bond donors (Lipinski definition) is 0. The van der Waals surface area contributed by atoms with Crippen LogP contribution in [0.15, 0.2) is 24.5 Å². The van der Waals surface area contributed by atoms with Crippen molar-refractivity contribution in [3.8, 4) is 0 Å². The average Bonchev–Trinajstić information content (AvgIpc) is 2.57. The molecule has 132 valence electrons. The van der Waals surface area contributed by atoms with E-state index in [2.05, 4.69) is 42.9 Å². The predicted molar refractivity (Wildman–Crippen MR) is 102 cm³/mol. The maximum atomic E-state index is 2.40. The Kier molecular flexibility index (Phi) is 12.9. The van der Waals surface area contributed by atoms with Crippen molar-refractivity contribution in [3.05, 3.63) is 30.1 Å². The number of aromatic nitrogens is 1. The topological polar surface area (TPSA) is 3.88 Å². The molecule has 0 unspecified atom stereocenters. The van der Waals surface area contributed by atoms with E-state index in [1.54, 1.807) is 0 Å². The molecule has 1 aromatic rings. The summed E-state index contributed by atoms with van der Waals surface area (Å²) in [5.41, 5.74) is 1.52. The van der Waals surface area contributed by atoms with Crippen molar-refractivity contribution in [2.24, 2.45) is 0 Å². The van der Waals surface area contributed by atoms with Crippen LogP contribution < -0.4 is 4.57 Å². The maximum absolute atomic E-state index is 2.40. The van der Waals surface area contributed by atoms with Gasteiger partial charge < -0.3 is 0 Å². The Morgan fingerprint density at radius 2 is 1.26 bits per heavy atom. The Hall–Kier alpha value is -0.850. The number of pyridine rings is 1. The molecule has 0 fully saturated rings. The largest absolute Gasteiger partial charge is 0.205 e. The summed E-state index contributed by atoms with van der Waals surface area (Å²) in [5, 5.41) is 0. The van der Waals surface area contributed by atoms with Crippen LogP contribution in [0.25, 0.3) is 0 Å². The summed E-state index contributed by atoms with van der Waals surface area (Å²) in [5.74, 6) is 0. The number of hydrogen-bond acceptors (Lipinski definition) is 0. The van der Waals surface area contributed by atoms with Gasteiger partial charge in [0.2, 0.25) is 0 Å². The molecule has 0 atom stereocenters. The maximum Gasteiger partial charge on any atom is 0.171 e. The van der Waals surface area contributed by atoms with Crippen LogP contribution in [0.2, 0.25) is 0 Å². The van der Waals surface area contributed by atoms with E-state index in [-0.39, 0.29) is 0 Å². The third-order valence-electron chi connectivity index (χ3n) is 4.76. The molecule has 0 spiro atoms. The Labute approximate surface area is 145 Å². The molecule has 0 bridgehead atoms. The van der Waals surface area contributed by atoms with Crippen LogP contribution in [0, 0.1) is 0 Å². The summed E-state index contributed by atoms with van der Waals surface area (Å²) < 4.78 is 2.40. The number of rotatable bonds is 15. The van der Waals surface area contributed by atoms with Crippen molar-refractivity contribution in [1.82, 2.24) is 0 Å². The van der Waals surface area contributed by atoms with Gasteiger partial charge in [-0.2, -0.15) is 0 Å². The van der Waals surface area contributed by atoms with E-state index in [9.17, 15) is 0 Å². The highest BCUT2D eigenvalue weighted by atomic mass is 14.9. The van der Waals surface area contributed by atoms with Gasteiger partial charge in [-0.1, -0.05) is 78.1 Å². The van der Waals surface area contributed by atoms with Crippen LogP contribution in [0.4, 0.5) is 0 Å². The van der Waals surface area contributed by atoms with E-state index < -0.39 is 0 Å². The molecular formula is C22H40N+. The van der Waals surface area contributed by atoms with Gasteiger partial charge in [0, 0.05) is 18.1 Å². The lowest BCUT2D eigenvalue weighted by Gasteiger charge is -2.03. The van der Waals surface area contributed by atoms with Gasteiger partial charge in [0.15, 0.2) is 12.4 Å². The monoisotopic (exact) mass is 318 g/mol. The predicted octanol–water partition coefficient (Wildman–Crippen LogP) is 6.63. The molecule has 0 amide bonds. The highest BCUT2D eigenvalue weighted by Gasteiger charge is 2.03. The van der Waals surface area contributed by atoms with Crippen LogP contribution >= 0.6 is 0 Å². The summed E-state index contributed by atoms with van der Waals surface area (Å²) in [6.45, 7) is 5.76. The van der Waals surface area contributed by atoms with Gasteiger partial charge in [-0.05, 0) is 25.3 Å². The minimum absolute atomic E-state index is 1.19. The number of unbranched alkanes of at least 4 members (excludes halogenated alkanes) is 11. The normalized spacial score (nSPS) is 11.0. The lowest BCUT2D eigenvalue weighted by Crippen LogP contribution is -2.33. The molecule has 0 aliphatic heterocycles.